The second kappa shape index (κ2) is 5.80. The van der Waals surface area contributed by atoms with Gasteiger partial charge in [-0.25, -0.2) is 15.0 Å². The standard InChI is InChI=1S/C18H23N5/c1-13-14(2)20-17(15-6-7-15)21-18(13)23-11-9-22(10-12-23)16-5-3-4-8-19-16/h3-5,8,15H,6-7,9-12H2,1-2H3. The van der Waals surface area contributed by atoms with E-state index in [-0.39, 0.29) is 0 Å². The normalized spacial score (nSPS) is 18.3. The fourth-order valence-electron chi connectivity index (χ4n) is 3.15. The minimum Gasteiger partial charge on any atom is -0.353 e. The summed E-state index contributed by atoms with van der Waals surface area (Å²) in [6.45, 7) is 8.19. The number of pyridine rings is 1. The summed E-state index contributed by atoms with van der Waals surface area (Å²) in [6, 6.07) is 6.10. The van der Waals surface area contributed by atoms with Gasteiger partial charge in [0.15, 0.2) is 0 Å². The van der Waals surface area contributed by atoms with Gasteiger partial charge in [0, 0.05) is 49.6 Å². The molecule has 0 atom stereocenters. The molecule has 4 rings (SSSR count). The second-order valence-electron chi connectivity index (χ2n) is 6.55. The van der Waals surface area contributed by atoms with Crippen LogP contribution in [0.3, 0.4) is 0 Å². The first-order chi connectivity index (χ1) is 11.2. The summed E-state index contributed by atoms with van der Waals surface area (Å²) in [5.41, 5.74) is 2.35. The highest BCUT2D eigenvalue weighted by molar-refractivity contribution is 5.51. The Kier molecular flexibility index (Phi) is 3.63. The summed E-state index contributed by atoms with van der Waals surface area (Å²) in [5, 5.41) is 0. The zero-order valence-corrected chi connectivity index (χ0v) is 13.9. The van der Waals surface area contributed by atoms with Gasteiger partial charge in [-0.05, 0) is 38.8 Å². The maximum absolute atomic E-state index is 4.90. The summed E-state index contributed by atoms with van der Waals surface area (Å²) in [4.78, 5) is 18.8. The average Bonchev–Trinajstić information content (AvgIpc) is 3.43. The fraction of sp³-hybridized carbons (Fsp3) is 0.500. The summed E-state index contributed by atoms with van der Waals surface area (Å²) in [6.07, 6.45) is 4.35. The largest absolute Gasteiger partial charge is 0.353 e. The molecule has 1 aliphatic carbocycles. The van der Waals surface area contributed by atoms with Gasteiger partial charge in [0.25, 0.3) is 0 Å². The topological polar surface area (TPSA) is 45.2 Å². The summed E-state index contributed by atoms with van der Waals surface area (Å²) in [5.74, 6) is 3.86. The minimum absolute atomic E-state index is 0.600. The Morgan fingerprint density at radius 1 is 0.957 bits per heavy atom. The Balaban J connectivity index is 1.52. The lowest BCUT2D eigenvalue weighted by Crippen LogP contribution is -2.47. The molecule has 5 nitrogen and oxygen atoms in total. The molecule has 0 N–H and O–H groups in total. The molecule has 23 heavy (non-hydrogen) atoms. The number of hydrogen-bond acceptors (Lipinski definition) is 5. The lowest BCUT2D eigenvalue weighted by atomic mass is 10.2. The number of nitrogens with zero attached hydrogens (tertiary/aromatic N) is 5. The predicted molar refractivity (Wildman–Crippen MR) is 92.1 cm³/mol. The van der Waals surface area contributed by atoms with Crippen LogP contribution >= 0.6 is 0 Å². The van der Waals surface area contributed by atoms with Crippen molar-refractivity contribution in [2.24, 2.45) is 0 Å². The zero-order valence-electron chi connectivity index (χ0n) is 13.9. The third-order valence-electron chi connectivity index (χ3n) is 4.88. The summed E-state index contributed by atoms with van der Waals surface area (Å²) < 4.78 is 0. The van der Waals surface area contributed by atoms with Crippen molar-refractivity contribution in [3.8, 4) is 0 Å². The Morgan fingerprint density at radius 2 is 1.70 bits per heavy atom. The number of aryl methyl sites for hydroxylation is 1. The van der Waals surface area contributed by atoms with Crippen LogP contribution in [0.4, 0.5) is 11.6 Å². The van der Waals surface area contributed by atoms with Crippen molar-refractivity contribution >= 4 is 11.6 Å². The molecule has 1 aliphatic heterocycles. The summed E-state index contributed by atoms with van der Waals surface area (Å²) in [7, 11) is 0. The highest BCUT2D eigenvalue weighted by atomic mass is 15.3. The van der Waals surface area contributed by atoms with E-state index in [2.05, 4.69) is 40.8 Å². The molecular formula is C18H23N5. The van der Waals surface area contributed by atoms with Crippen LogP contribution in [0.1, 0.15) is 35.8 Å². The van der Waals surface area contributed by atoms with E-state index in [1.54, 1.807) is 0 Å². The van der Waals surface area contributed by atoms with Crippen LogP contribution in [0.2, 0.25) is 0 Å². The molecule has 0 spiro atoms. The Labute approximate surface area is 137 Å². The van der Waals surface area contributed by atoms with Crippen LogP contribution in [-0.4, -0.2) is 41.1 Å². The maximum atomic E-state index is 4.90. The van der Waals surface area contributed by atoms with Crippen LogP contribution in [0.15, 0.2) is 24.4 Å². The molecular weight excluding hydrogens is 286 g/mol. The third-order valence-corrected chi connectivity index (χ3v) is 4.88. The number of aromatic nitrogens is 3. The summed E-state index contributed by atoms with van der Waals surface area (Å²) >= 11 is 0. The smallest absolute Gasteiger partial charge is 0.135 e. The molecule has 0 radical (unpaired) electrons. The van der Waals surface area contributed by atoms with Crippen molar-refractivity contribution in [1.29, 1.82) is 0 Å². The van der Waals surface area contributed by atoms with Gasteiger partial charge < -0.3 is 9.80 Å². The second-order valence-corrected chi connectivity index (χ2v) is 6.55. The van der Waals surface area contributed by atoms with E-state index in [0.717, 1.165) is 49.3 Å². The van der Waals surface area contributed by atoms with Gasteiger partial charge in [-0.1, -0.05) is 6.07 Å². The molecule has 0 bridgehead atoms. The monoisotopic (exact) mass is 309 g/mol. The molecule has 1 saturated carbocycles. The molecule has 0 aromatic carbocycles. The van der Waals surface area contributed by atoms with E-state index in [4.69, 9.17) is 9.97 Å². The highest BCUT2D eigenvalue weighted by Crippen LogP contribution is 2.39. The van der Waals surface area contributed by atoms with Crippen LogP contribution in [0.5, 0.6) is 0 Å². The lowest BCUT2D eigenvalue weighted by molar-refractivity contribution is 0.636. The molecule has 2 aliphatic rings. The number of hydrogen-bond donors (Lipinski definition) is 0. The van der Waals surface area contributed by atoms with Crippen LogP contribution in [0.25, 0.3) is 0 Å². The van der Waals surface area contributed by atoms with E-state index >= 15 is 0 Å². The number of rotatable bonds is 3. The lowest BCUT2D eigenvalue weighted by Gasteiger charge is -2.36. The molecule has 0 unspecified atom stereocenters. The highest BCUT2D eigenvalue weighted by Gasteiger charge is 2.29. The SMILES string of the molecule is Cc1nc(C2CC2)nc(N2CCN(c3ccccn3)CC2)c1C. The van der Waals surface area contributed by atoms with Crippen molar-refractivity contribution in [3.63, 3.8) is 0 Å². The Hall–Kier alpha value is -2.17. The van der Waals surface area contributed by atoms with E-state index in [9.17, 15) is 0 Å². The fourth-order valence-corrected chi connectivity index (χ4v) is 3.15. The number of anilines is 2. The van der Waals surface area contributed by atoms with Gasteiger partial charge in [-0.3, -0.25) is 0 Å². The number of piperazine rings is 1. The van der Waals surface area contributed by atoms with Gasteiger partial charge in [-0.2, -0.15) is 0 Å². The predicted octanol–water partition coefficient (Wildman–Crippen LogP) is 2.69. The first-order valence-electron chi connectivity index (χ1n) is 8.48. The zero-order chi connectivity index (χ0) is 15.8. The molecule has 2 fully saturated rings. The van der Waals surface area contributed by atoms with Crippen molar-refractivity contribution in [1.82, 2.24) is 15.0 Å². The Morgan fingerprint density at radius 3 is 2.35 bits per heavy atom. The van der Waals surface area contributed by atoms with Gasteiger partial charge in [0.2, 0.25) is 0 Å². The first kappa shape index (κ1) is 14.4. The van der Waals surface area contributed by atoms with E-state index in [1.807, 2.05) is 12.3 Å². The third kappa shape index (κ3) is 2.87. The van der Waals surface area contributed by atoms with Crippen LogP contribution in [0, 0.1) is 13.8 Å². The van der Waals surface area contributed by atoms with Crippen molar-refractivity contribution in [2.75, 3.05) is 36.0 Å². The van der Waals surface area contributed by atoms with E-state index < -0.39 is 0 Å². The van der Waals surface area contributed by atoms with Gasteiger partial charge in [-0.15, -0.1) is 0 Å². The Bertz CT molecular complexity index is 688. The van der Waals surface area contributed by atoms with Crippen molar-refractivity contribution in [3.05, 3.63) is 41.5 Å². The first-order valence-corrected chi connectivity index (χ1v) is 8.48. The molecule has 120 valence electrons. The molecule has 3 heterocycles. The molecule has 5 heteroatoms. The van der Waals surface area contributed by atoms with Crippen LogP contribution < -0.4 is 9.80 Å². The van der Waals surface area contributed by atoms with Crippen LogP contribution in [-0.2, 0) is 0 Å². The van der Waals surface area contributed by atoms with Crippen molar-refractivity contribution < 1.29 is 0 Å². The van der Waals surface area contributed by atoms with Gasteiger partial charge in [0.05, 0.1) is 0 Å². The average molecular weight is 309 g/mol. The van der Waals surface area contributed by atoms with Gasteiger partial charge in [0.1, 0.15) is 17.5 Å². The molecule has 2 aromatic rings. The quantitative estimate of drug-likeness (QED) is 0.872. The maximum Gasteiger partial charge on any atom is 0.135 e. The van der Waals surface area contributed by atoms with Gasteiger partial charge >= 0.3 is 0 Å². The molecule has 1 saturated heterocycles. The van der Waals surface area contributed by atoms with E-state index in [0.29, 0.717) is 5.92 Å². The minimum atomic E-state index is 0.600. The van der Waals surface area contributed by atoms with Crippen molar-refractivity contribution in [2.45, 2.75) is 32.6 Å². The molecule has 2 aromatic heterocycles. The van der Waals surface area contributed by atoms with E-state index in [1.165, 1.54) is 18.4 Å². The molecule has 0 amide bonds.